The molecule has 0 amide bonds. The molecule has 0 saturated carbocycles. The molecule has 0 spiro atoms. The molecule has 1 N–H and O–H groups in total. The van der Waals surface area contributed by atoms with Crippen molar-refractivity contribution in [3.05, 3.63) is 37.4 Å². The molecule has 0 saturated heterocycles. The van der Waals surface area contributed by atoms with Gasteiger partial charge in [-0.05, 0) is 32.4 Å². The smallest absolute Gasteiger partial charge is 0.109 e. The normalized spacial score (nSPS) is 14.7. The molecule has 2 aromatic rings. The molecule has 0 bridgehead atoms. The number of thiophene rings is 1. The number of hydrogen-bond donors (Lipinski definition) is 1. The zero-order valence-corrected chi connectivity index (χ0v) is 13.1. The van der Waals surface area contributed by atoms with Gasteiger partial charge < -0.3 is 5.32 Å². The standard InChI is InChI=1S/C13H17ClN2S2/c1-4-10-7-15-13(17-10)9(3)16-8(2)11-5-6-12(14)18-11/h5-9,16H,4H2,1-3H3. The van der Waals surface area contributed by atoms with E-state index in [1.54, 1.807) is 22.7 Å². The maximum absolute atomic E-state index is 5.96. The van der Waals surface area contributed by atoms with Gasteiger partial charge in [0, 0.05) is 22.0 Å². The van der Waals surface area contributed by atoms with Gasteiger partial charge in [-0.25, -0.2) is 4.98 Å². The molecule has 2 rings (SSSR count). The van der Waals surface area contributed by atoms with Crippen molar-refractivity contribution in [3.63, 3.8) is 0 Å². The van der Waals surface area contributed by atoms with Crippen molar-refractivity contribution < 1.29 is 0 Å². The number of halogens is 1. The van der Waals surface area contributed by atoms with Crippen LogP contribution in [-0.4, -0.2) is 4.98 Å². The highest BCUT2D eigenvalue weighted by Crippen LogP contribution is 2.29. The third-order valence-corrected chi connectivity index (χ3v) is 5.55. The third kappa shape index (κ3) is 3.32. The lowest BCUT2D eigenvalue weighted by atomic mass is 10.2. The summed E-state index contributed by atoms with van der Waals surface area (Å²) in [5, 5.41) is 4.72. The van der Waals surface area contributed by atoms with Gasteiger partial charge >= 0.3 is 0 Å². The predicted molar refractivity (Wildman–Crippen MR) is 80.8 cm³/mol. The second kappa shape index (κ2) is 6.15. The second-order valence-electron chi connectivity index (χ2n) is 4.27. The van der Waals surface area contributed by atoms with Crippen molar-refractivity contribution in [2.45, 2.75) is 39.3 Å². The summed E-state index contributed by atoms with van der Waals surface area (Å²) in [6.45, 7) is 6.47. The van der Waals surface area contributed by atoms with Crippen LogP contribution in [0.2, 0.25) is 4.34 Å². The van der Waals surface area contributed by atoms with Gasteiger partial charge in [-0.2, -0.15) is 0 Å². The van der Waals surface area contributed by atoms with Gasteiger partial charge in [0.15, 0.2) is 0 Å². The van der Waals surface area contributed by atoms with Gasteiger partial charge in [0.2, 0.25) is 0 Å². The van der Waals surface area contributed by atoms with E-state index in [1.807, 2.05) is 12.3 Å². The number of thiazole rings is 1. The van der Waals surface area contributed by atoms with E-state index in [2.05, 4.69) is 37.1 Å². The molecule has 2 atom stereocenters. The fraction of sp³-hybridized carbons (Fsp3) is 0.462. The molecule has 2 aromatic heterocycles. The fourth-order valence-electron chi connectivity index (χ4n) is 1.78. The average molecular weight is 301 g/mol. The molecule has 0 fully saturated rings. The SMILES string of the molecule is CCc1cnc(C(C)NC(C)c2ccc(Cl)s2)s1. The first-order chi connectivity index (χ1) is 8.60. The average Bonchev–Trinajstić information content (AvgIpc) is 2.97. The van der Waals surface area contributed by atoms with Crippen LogP contribution >= 0.6 is 34.3 Å². The van der Waals surface area contributed by atoms with Crippen LogP contribution in [0.5, 0.6) is 0 Å². The minimum atomic E-state index is 0.270. The van der Waals surface area contributed by atoms with Crippen LogP contribution in [0.25, 0.3) is 0 Å². The quantitative estimate of drug-likeness (QED) is 0.855. The summed E-state index contributed by atoms with van der Waals surface area (Å²) >= 11 is 9.38. The Labute approximate surface area is 121 Å². The van der Waals surface area contributed by atoms with Gasteiger partial charge in [0.1, 0.15) is 5.01 Å². The highest BCUT2D eigenvalue weighted by atomic mass is 35.5. The van der Waals surface area contributed by atoms with E-state index in [9.17, 15) is 0 Å². The Bertz CT molecular complexity index is 507. The lowest BCUT2D eigenvalue weighted by molar-refractivity contribution is 0.498. The molecule has 0 aliphatic heterocycles. The van der Waals surface area contributed by atoms with E-state index in [4.69, 9.17) is 11.6 Å². The minimum absolute atomic E-state index is 0.270. The first kappa shape index (κ1) is 14.0. The van der Waals surface area contributed by atoms with Crippen molar-refractivity contribution in [3.8, 4) is 0 Å². The van der Waals surface area contributed by atoms with Gasteiger partial charge in [0.05, 0.1) is 10.4 Å². The fourth-order valence-corrected chi connectivity index (χ4v) is 3.72. The van der Waals surface area contributed by atoms with Gasteiger partial charge in [0.25, 0.3) is 0 Å². The van der Waals surface area contributed by atoms with Crippen LogP contribution in [-0.2, 0) is 6.42 Å². The van der Waals surface area contributed by atoms with Crippen LogP contribution < -0.4 is 5.32 Å². The summed E-state index contributed by atoms with van der Waals surface area (Å²) in [6, 6.07) is 4.59. The maximum Gasteiger partial charge on any atom is 0.109 e. The number of nitrogens with zero attached hydrogens (tertiary/aromatic N) is 1. The predicted octanol–water partition coefficient (Wildman–Crippen LogP) is 4.83. The van der Waals surface area contributed by atoms with Crippen LogP contribution in [0.3, 0.4) is 0 Å². The van der Waals surface area contributed by atoms with Crippen molar-refractivity contribution >= 4 is 34.3 Å². The van der Waals surface area contributed by atoms with Crippen LogP contribution in [0.4, 0.5) is 0 Å². The Morgan fingerprint density at radius 3 is 2.61 bits per heavy atom. The molecular formula is C13H17ClN2S2. The second-order valence-corrected chi connectivity index (χ2v) is 7.16. The number of aryl methyl sites for hydroxylation is 1. The van der Waals surface area contributed by atoms with Crippen molar-refractivity contribution in [1.82, 2.24) is 10.3 Å². The molecule has 0 radical (unpaired) electrons. The van der Waals surface area contributed by atoms with Crippen LogP contribution in [0.15, 0.2) is 18.3 Å². The largest absolute Gasteiger partial charge is 0.301 e. The van der Waals surface area contributed by atoms with Crippen LogP contribution in [0.1, 0.15) is 47.6 Å². The van der Waals surface area contributed by atoms with E-state index < -0.39 is 0 Å². The molecule has 0 aliphatic rings. The molecule has 98 valence electrons. The molecule has 2 nitrogen and oxygen atoms in total. The van der Waals surface area contributed by atoms with E-state index in [-0.39, 0.29) is 6.04 Å². The Morgan fingerprint density at radius 1 is 1.28 bits per heavy atom. The van der Waals surface area contributed by atoms with Crippen molar-refractivity contribution in [2.75, 3.05) is 0 Å². The Morgan fingerprint density at radius 2 is 2.06 bits per heavy atom. The summed E-state index contributed by atoms with van der Waals surface area (Å²) in [5.74, 6) is 0. The molecule has 18 heavy (non-hydrogen) atoms. The van der Waals surface area contributed by atoms with E-state index in [0.29, 0.717) is 6.04 Å². The molecule has 5 heteroatoms. The molecule has 0 aliphatic carbocycles. The van der Waals surface area contributed by atoms with E-state index in [0.717, 1.165) is 15.8 Å². The number of rotatable bonds is 5. The third-order valence-electron chi connectivity index (χ3n) is 2.81. The zero-order chi connectivity index (χ0) is 13.1. The maximum atomic E-state index is 5.96. The Balaban J connectivity index is 2.00. The number of aromatic nitrogens is 1. The Kier molecular flexibility index (Phi) is 4.78. The minimum Gasteiger partial charge on any atom is -0.301 e. The highest BCUT2D eigenvalue weighted by molar-refractivity contribution is 7.16. The summed E-state index contributed by atoms with van der Waals surface area (Å²) in [4.78, 5) is 7.07. The van der Waals surface area contributed by atoms with Crippen LogP contribution in [0, 0.1) is 0 Å². The monoisotopic (exact) mass is 300 g/mol. The topological polar surface area (TPSA) is 24.9 Å². The molecule has 0 aromatic carbocycles. The lowest BCUT2D eigenvalue weighted by Crippen LogP contribution is -2.21. The first-order valence-electron chi connectivity index (χ1n) is 6.06. The summed E-state index contributed by atoms with van der Waals surface area (Å²) in [5.41, 5.74) is 0. The number of hydrogen-bond acceptors (Lipinski definition) is 4. The molecule has 2 heterocycles. The summed E-state index contributed by atoms with van der Waals surface area (Å²) in [6.07, 6.45) is 3.03. The first-order valence-corrected chi connectivity index (χ1v) is 8.07. The van der Waals surface area contributed by atoms with Gasteiger partial charge in [-0.15, -0.1) is 22.7 Å². The van der Waals surface area contributed by atoms with Gasteiger partial charge in [-0.3, -0.25) is 0 Å². The summed E-state index contributed by atoms with van der Waals surface area (Å²) < 4.78 is 0.842. The van der Waals surface area contributed by atoms with Gasteiger partial charge in [-0.1, -0.05) is 18.5 Å². The Hall–Kier alpha value is -0.420. The number of nitrogens with one attached hydrogen (secondary N) is 1. The van der Waals surface area contributed by atoms with E-state index >= 15 is 0 Å². The zero-order valence-electron chi connectivity index (χ0n) is 10.7. The lowest BCUT2D eigenvalue weighted by Gasteiger charge is -2.17. The van der Waals surface area contributed by atoms with Crippen molar-refractivity contribution in [1.29, 1.82) is 0 Å². The van der Waals surface area contributed by atoms with E-state index in [1.165, 1.54) is 9.75 Å². The van der Waals surface area contributed by atoms with Crippen molar-refractivity contribution in [2.24, 2.45) is 0 Å². The summed E-state index contributed by atoms with van der Waals surface area (Å²) in [7, 11) is 0. The molecular weight excluding hydrogens is 284 g/mol. The molecule has 2 unspecified atom stereocenters. The highest BCUT2D eigenvalue weighted by Gasteiger charge is 2.15.